The van der Waals surface area contributed by atoms with E-state index in [1.807, 2.05) is 27.0 Å². The van der Waals surface area contributed by atoms with Gasteiger partial charge in [0, 0.05) is 25.0 Å². The van der Waals surface area contributed by atoms with E-state index in [0.29, 0.717) is 12.6 Å². The van der Waals surface area contributed by atoms with Crippen LogP contribution in [-0.2, 0) is 4.74 Å². The molecule has 0 aliphatic rings. The van der Waals surface area contributed by atoms with E-state index in [-0.39, 0.29) is 6.04 Å². The van der Waals surface area contributed by atoms with Crippen molar-refractivity contribution in [3.05, 3.63) is 17.5 Å². The number of hydrogen-bond donors (Lipinski definition) is 1. The summed E-state index contributed by atoms with van der Waals surface area (Å²) in [6.07, 6.45) is 1.82. The lowest BCUT2D eigenvalue weighted by Gasteiger charge is -2.12. The second-order valence-corrected chi connectivity index (χ2v) is 3.46. The smallest absolute Gasteiger partial charge is 0.223 e. The maximum atomic E-state index is 5.01. The van der Waals surface area contributed by atoms with Gasteiger partial charge in [0.2, 0.25) is 5.95 Å². The zero-order valence-corrected chi connectivity index (χ0v) is 9.16. The summed E-state index contributed by atoms with van der Waals surface area (Å²) in [5, 5.41) is 3.16. The van der Waals surface area contributed by atoms with Crippen molar-refractivity contribution < 1.29 is 4.74 Å². The number of hydrogen-bond acceptors (Lipinski definition) is 4. The minimum Gasteiger partial charge on any atom is -0.383 e. The fourth-order valence-electron chi connectivity index (χ4n) is 1.11. The van der Waals surface area contributed by atoms with E-state index in [0.717, 1.165) is 11.3 Å². The Kier molecular flexibility index (Phi) is 3.83. The highest BCUT2D eigenvalue weighted by Gasteiger charge is 2.04. The number of nitrogens with one attached hydrogen (secondary N) is 1. The van der Waals surface area contributed by atoms with Crippen molar-refractivity contribution in [3.8, 4) is 0 Å². The number of rotatable bonds is 4. The van der Waals surface area contributed by atoms with Crippen LogP contribution in [0.5, 0.6) is 0 Å². The molecule has 0 saturated carbocycles. The standard InChI is InChI=1S/C10H17N3O/c1-7-5-11-10(13-9(7)3)12-8(2)6-14-4/h5,8H,6H2,1-4H3,(H,11,12,13)/t8-/m1/s1. The monoisotopic (exact) mass is 195 g/mol. The first kappa shape index (κ1) is 10.9. The number of aryl methyl sites for hydroxylation is 2. The molecule has 1 rings (SSSR count). The highest BCUT2D eigenvalue weighted by molar-refractivity contribution is 5.29. The summed E-state index contributed by atoms with van der Waals surface area (Å²) in [6.45, 7) is 6.65. The first-order valence-electron chi connectivity index (χ1n) is 4.69. The molecule has 0 bridgehead atoms. The number of ether oxygens (including phenoxy) is 1. The molecular formula is C10H17N3O. The van der Waals surface area contributed by atoms with E-state index in [9.17, 15) is 0 Å². The van der Waals surface area contributed by atoms with Crippen molar-refractivity contribution in [2.75, 3.05) is 19.0 Å². The van der Waals surface area contributed by atoms with Gasteiger partial charge in [-0.15, -0.1) is 0 Å². The molecule has 1 N–H and O–H groups in total. The van der Waals surface area contributed by atoms with Crippen LogP contribution in [0.3, 0.4) is 0 Å². The van der Waals surface area contributed by atoms with Crippen molar-refractivity contribution in [2.24, 2.45) is 0 Å². The Morgan fingerprint density at radius 1 is 1.50 bits per heavy atom. The maximum Gasteiger partial charge on any atom is 0.223 e. The van der Waals surface area contributed by atoms with E-state index in [1.165, 1.54) is 0 Å². The molecule has 4 heteroatoms. The van der Waals surface area contributed by atoms with Gasteiger partial charge in [-0.3, -0.25) is 0 Å². The molecule has 0 aromatic carbocycles. The Bertz CT molecular complexity index is 301. The summed E-state index contributed by atoms with van der Waals surface area (Å²) in [7, 11) is 1.68. The largest absolute Gasteiger partial charge is 0.383 e. The van der Waals surface area contributed by atoms with Gasteiger partial charge in [-0.05, 0) is 26.3 Å². The van der Waals surface area contributed by atoms with Crippen molar-refractivity contribution in [2.45, 2.75) is 26.8 Å². The number of methoxy groups -OCH3 is 1. The highest BCUT2D eigenvalue weighted by atomic mass is 16.5. The van der Waals surface area contributed by atoms with Crippen LogP contribution in [0, 0.1) is 13.8 Å². The minimum absolute atomic E-state index is 0.224. The molecule has 78 valence electrons. The molecule has 0 aliphatic carbocycles. The minimum atomic E-state index is 0.224. The predicted molar refractivity (Wildman–Crippen MR) is 56.5 cm³/mol. The normalized spacial score (nSPS) is 12.6. The Morgan fingerprint density at radius 3 is 2.79 bits per heavy atom. The Morgan fingerprint density at radius 2 is 2.21 bits per heavy atom. The van der Waals surface area contributed by atoms with Gasteiger partial charge in [-0.2, -0.15) is 0 Å². The summed E-state index contributed by atoms with van der Waals surface area (Å²) >= 11 is 0. The number of anilines is 1. The van der Waals surface area contributed by atoms with Gasteiger partial charge in [-0.25, -0.2) is 9.97 Å². The predicted octanol–water partition coefficient (Wildman–Crippen LogP) is 1.54. The van der Waals surface area contributed by atoms with E-state index in [2.05, 4.69) is 15.3 Å². The van der Waals surface area contributed by atoms with Crippen LogP contribution in [0.4, 0.5) is 5.95 Å². The molecule has 1 atom stereocenters. The van der Waals surface area contributed by atoms with Crippen LogP contribution in [0.1, 0.15) is 18.2 Å². The summed E-state index contributed by atoms with van der Waals surface area (Å²) in [5.74, 6) is 0.664. The fraction of sp³-hybridized carbons (Fsp3) is 0.600. The molecule has 0 unspecified atom stereocenters. The third-order valence-electron chi connectivity index (χ3n) is 2.02. The fourth-order valence-corrected chi connectivity index (χ4v) is 1.11. The highest BCUT2D eigenvalue weighted by Crippen LogP contribution is 2.06. The first-order valence-corrected chi connectivity index (χ1v) is 4.69. The third kappa shape index (κ3) is 2.96. The molecule has 1 heterocycles. The summed E-state index contributed by atoms with van der Waals surface area (Å²) in [6, 6.07) is 0.224. The quantitative estimate of drug-likeness (QED) is 0.791. The number of nitrogens with zero attached hydrogens (tertiary/aromatic N) is 2. The zero-order chi connectivity index (χ0) is 10.6. The molecule has 1 aromatic heterocycles. The van der Waals surface area contributed by atoms with E-state index in [4.69, 9.17) is 4.74 Å². The second-order valence-electron chi connectivity index (χ2n) is 3.46. The van der Waals surface area contributed by atoms with Crippen molar-refractivity contribution in [1.29, 1.82) is 0 Å². The molecule has 1 aromatic rings. The SMILES string of the molecule is COC[C@@H](C)Nc1ncc(C)c(C)n1. The van der Waals surface area contributed by atoms with Crippen molar-refractivity contribution in [1.82, 2.24) is 9.97 Å². The molecule has 0 amide bonds. The average molecular weight is 195 g/mol. The van der Waals surface area contributed by atoms with E-state index < -0.39 is 0 Å². The second kappa shape index (κ2) is 4.91. The van der Waals surface area contributed by atoms with Gasteiger partial charge < -0.3 is 10.1 Å². The maximum absolute atomic E-state index is 5.01. The van der Waals surface area contributed by atoms with Crippen LogP contribution in [0.25, 0.3) is 0 Å². The van der Waals surface area contributed by atoms with Crippen LogP contribution < -0.4 is 5.32 Å². The molecule has 0 fully saturated rings. The van der Waals surface area contributed by atoms with Crippen LogP contribution in [0.2, 0.25) is 0 Å². The average Bonchev–Trinajstić information content (AvgIpc) is 2.12. The number of aromatic nitrogens is 2. The summed E-state index contributed by atoms with van der Waals surface area (Å²) < 4.78 is 5.01. The molecule has 0 saturated heterocycles. The van der Waals surface area contributed by atoms with Gasteiger partial charge in [0.15, 0.2) is 0 Å². The van der Waals surface area contributed by atoms with Crippen LogP contribution in [-0.4, -0.2) is 29.7 Å². The van der Waals surface area contributed by atoms with Gasteiger partial charge in [-0.1, -0.05) is 0 Å². The molecule has 0 radical (unpaired) electrons. The first-order chi connectivity index (χ1) is 6.63. The van der Waals surface area contributed by atoms with Gasteiger partial charge >= 0.3 is 0 Å². The third-order valence-corrected chi connectivity index (χ3v) is 2.02. The Hall–Kier alpha value is -1.16. The Labute approximate surface area is 84.7 Å². The topological polar surface area (TPSA) is 47.0 Å². The lowest BCUT2D eigenvalue weighted by Crippen LogP contribution is -2.22. The lowest BCUT2D eigenvalue weighted by molar-refractivity contribution is 0.190. The molecule has 0 spiro atoms. The molecule has 0 aliphatic heterocycles. The van der Waals surface area contributed by atoms with Crippen molar-refractivity contribution >= 4 is 5.95 Å². The van der Waals surface area contributed by atoms with Gasteiger partial charge in [0.1, 0.15) is 0 Å². The molecule has 14 heavy (non-hydrogen) atoms. The molecular weight excluding hydrogens is 178 g/mol. The van der Waals surface area contributed by atoms with Gasteiger partial charge in [0.05, 0.1) is 6.61 Å². The Balaban J connectivity index is 2.63. The summed E-state index contributed by atoms with van der Waals surface area (Å²) in [4.78, 5) is 8.50. The van der Waals surface area contributed by atoms with Crippen LogP contribution >= 0.6 is 0 Å². The lowest BCUT2D eigenvalue weighted by atomic mass is 10.3. The summed E-state index contributed by atoms with van der Waals surface area (Å²) in [5.41, 5.74) is 2.11. The molecule has 4 nitrogen and oxygen atoms in total. The van der Waals surface area contributed by atoms with E-state index >= 15 is 0 Å². The van der Waals surface area contributed by atoms with E-state index in [1.54, 1.807) is 7.11 Å². The van der Waals surface area contributed by atoms with Crippen LogP contribution in [0.15, 0.2) is 6.20 Å². The van der Waals surface area contributed by atoms with Gasteiger partial charge in [0.25, 0.3) is 0 Å². The zero-order valence-electron chi connectivity index (χ0n) is 9.16. The van der Waals surface area contributed by atoms with Crippen molar-refractivity contribution in [3.63, 3.8) is 0 Å².